The van der Waals surface area contributed by atoms with Crippen molar-refractivity contribution < 1.29 is 4.52 Å². The Morgan fingerprint density at radius 1 is 1.27 bits per heavy atom. The van der Waals surface area contributed by atoms with Crippen LogP contribution in [0.2, 0.25) is 5.02 Å². The summed E-state index contributed by atoms with van der Waals surface area (Å²) in [5.41, 5.74) is 0.897. The summed E-state index contributed by atoms with van der Waals surface area (Å²) in [4.78, 5) is 7.96. The zero-order chi connectivity index (χ0) is 15.5. The molecule has 0 spiro atoms. The van der Waals surface area contributed by atoms with Crippen LogP contribution in [0.4, 0.5) is 0 Å². The minimum absolute atomic E-state index is 0.311. The molecule has 0 saturated carbocycles. The molecule has 6 heteroatoms. The van der Waals surface area contributed by atoms with E-state index < -0.39 is 0 Å². The number of halogens is 1. The van der Waals surface area contributed by atoms with Gasteiger partial charge in [-0.25, -0.2) is 0 Å². The molecule has 114 valence electrons. The van der Waals surface area contributed by atoms with Gasteiger partial charge in [-0.3, -0.25) is 4.90 Å². The standard InChI is InChI=1S/C16H16ClN3OS/c1-11(14-4-3-9-22-14)20(2)10-15-18-16(19-21-15)12-5-7-13(17)8-6-12/h3-9,11H,10H2,1-2H3/t11-/m0/s1. The van der Waals surface area contributed by atoms with E-state index in [1.807, 2.05) is 24.3 Å². The topological polar surface area (TPSA) is 42.2 Å². The first-order valence-corrected chi connectivity index (χ1v) is 8.21. The van der Waals surface area contributed by atoms with Gasteiger partial charge in [-0.05, 0) is 49.7 Å². The maximum atomic E-state index is 5.89. The zero-order valence-electron chi connectivity index (χ0n) is 12.4. The lowest BCUT2D eigenvalue weighted by Gasteiger charge is -2.21. The number of benzene rings is 1. The Morgan fingerprint density at radius 3 is 2.73 bits per heavy atom. The highest BCUT2D eigenvalue weighted by atomic mass is 35.5. The molecule has 4 nitrogen and oxygen atoms in total. The summed E-state index contributed by atoms with van der Waals surface area (Å²) in [7, 11) is 2.05. The number of hydrogen-bond donors (Lipinski definition) is 0. The average molecular weight is 334 g/mol. The molecule has 0 saturated heterocycles. The quantitative estimate of drug-likeness (QED) is 0.682. The van der Waals surface area contributed by atoms with E-state index in [4.69, 9.17) is 16.1 Å². The Hall–Kier alpha value is -1.69. The highest BCUT2D eigenvalue weighted by Crippen LogP contribution is 2.25. The lowest BCUT2D eigenvalue weighted by atomic mass is 10.2. The van der Waals surface area contributed by atoms with E-state index in [9.17, 15) is 0 Å². The van der Waals surface area contributed by atoms with E-state index >= 15 is 0 Å². The van der Waals surface area contributed by atoms with Crippen LogP contribution in [0.25, 0.3) is 11.4 Å². The van der Waals surface area contributed by atoms with Gasteiger partial charge in [-0.15, -0.1) is 11.3 Å². The summed E-state index contributed by atoms with van der Waals surface area (Å²) in [5.74, 6) is 1.19. The van der Waals surface area contributed by atoms with Crippen molar-refractivity contribution in [2.24, 2.45) is 0 Å². The number of thiophene rings is 1. The monoisotopic (exact) mass is 333 g/mol. The molecule has 0 unspecified atom stereocenters. The van der Waals surface area contributed by atoms with Crippen LogP contribution in [0.1, 0.15) is 23.7 Å². The minimum Gasteiger partial charge on any atom is -0.338 e. The van der Waals surface area contributed by atoms with Gasteiger partial charge in [0.2, 0.25) is 11.7 Å². The fourth-order valence-corrected chi connectivity index (χ4v) is 3.11. The van der Waals surface area contributed by atoms with Gasteiger partial charge in [-0.2, -0.15) is 4.98 Å². The summed E-state index contributed by atoms with van der Waals surface area (Å²) in [6.07, 6.45) is 0. The van der Waals surface area contributed by atoms with Crippen molar-refractivity contribution in [1.82, 2.24) is 15.0 Å². The zero-order valence-corrected chi connectivity index (χ0v) is 13.9. The van der Waals surface area contributed by atoms with Crippen molar-refractivity contribution in [2.45, 2.75) is 19.5 Å². The fourth-order valence-electron chi connectivity index (χ4n) is 2.13. The Morgan fingerprint density at radius 2 is 2.05 bits per heavy atom. The normalized spacial score (nSPS) is 12.7. The lowest BCUT2D eigenvalue weighted by molar-refractivity contribution is 0.219. The summed E-state index contributed by atoms with van der Waals surface area (Å²) in [6, 6.07) is 11.9. The van der Waals surface area contributed by atoms with Crippen molar-refractivity contribution in [2.75, 3.05) is 7.05 Å². The Kier molecular flexibility index (Phi) is 4.57. The molecule has 0 N–H and O–H groups in total. The van der Waals surface area contributed by atoms with Gasteiger partial charge in [0.1, 0.15) is 0 Å². The first-order chi connectivity index (χ1) is 10.6. The third kappa shape index (κ3) is 3.38. The largest absolute Gasteiger partial charge is 0.338 e. The molecule has 0 fully saturated rings. The Balaban J connectivity index is 1.70. The van der Waals surface area contributed by atoms with Crippen LogP contribution in [-0.4, -0.2) is 22.1 Å². The van der Waals surface area contributed by atoms with Crippen molar-refractivity contribution in [3.63, 3.8) is 0 Å². The maximum absolute atomic E-state index is 5.89. The molecular weight excluding hydrogens is 318 g/mol. The highest BCUT2D eigenvalue weighted by Gasteiger charge is 2.16. The van der Waals surface area contributed by atoms with Gasteiger partial charge in [0, 0.05) is 21.5 Å². The predicted octanol–water partition coefficient (Wildman–Crippen LogP) is 4.64. The summed E-state index contributed by atoms with van der Waals surface area (Å²) >= 11 is 7.64. The number of aromatic nitrogens is 2. The SMILES string of the molecule is C[C@@H](c1cccs1)N(C)Cc1nc(-c2ccc(Cl)cc2)no1. The maximum Gasteiger partial charge on any atom is 0.241 e. The summed E-state index contributed by atoms with van der Waals surface area (Å²) in [5, 5.41) is 6.82. The van der Waals surface area contributed by atoms with E-state index in [0.717, 1.165) is 5.56 Å². The molecule has 1 aromatic carbocycles. The molecule has 3 rings (SSSR count). The number of hydrogen-bond acceptors (Lipinski definition) is 5. The third-order valence-corrected chi connectivity index (χ3v) is 4.87. The van der Waals surface area contributed by atoms with E-state index in [-0.39, 0.29) is 0 Å². The van der Waals surface area contributed by atoms with Gasteiger partial charge in [0.25, 0.3) is 0 Å². The van der Waals surface area contributed by atoms with Gasteiger partial charge in [0.05, 0.1) is 6.54 Å². The summed E-state index contributed by atoms with van der Waals surface area (Å²) in [6.45, 7) is 2.78. The Labute approximate surface area is 138 Å². The second kappa shape index (κ2) is 6.60. The van der Waals surface area contributed by atoms with Crippen LogP contribution in [0.3, 0.4) is 0 Å². The Bertz CT molecular complexity index is 724. The molecule has 0 bridgehead atoms. The predicted molar refractivity (Wildman–Crippen MR) is 88.9 cm³/mol. The van der Waals surface area contributed by atoms with Crippen LogP contribution in [-0.2, 0) is 6.54 Å². The molecule has 0 aliphatic carbocycles. The second-order valence-electron chi connectivity index (χ2n) is 5.13. The second-order valence-corrected chi connectivity index (χ2v) is 6.54. The number of rotatable bonds is 5. The van der Waals surface area contributed by atoms with Crippen molar-refractivity contribution in [1.29, 1.82) is 0 Å². The number of nitrogens with zero attached hydrogens (tertiary/aromatic N) is 3. The first-order valence-electron chi connectivity index (χ1n) is 6.95. The molecule has 22 heavy (non-hydrogen) atoms. The molecule has 0 aliphatic heterocycles. The molecule has 0 amide bonds. The molecular formula is C16H16ClN3OS. The smallest absolute Gasteiger partial charge is 0.241 e. The van der Waals surface area contributed by atoms with E-state index in [1.54, 1.807) is 11.3 Å². The third-order valence-electron chi connectivity index (χ3n) is 3.57. The van der Waals surface area contributed by atoms with Crippen LogP contribution < -0.4 is 0 Å². The average Bonchev–Trinajstić information content (AvgIpc) is 3.18. The summed E-state index contributed by atoms with van der Waals surface area (Å²) < 4.78 is 5.36. The van der Waals surface area contributed by atoms with Gasteiger partial charge in [0.15, 0.2) is 0 Å². The highest BCUT2D eigenvalue weighted by molar-refractivity contribution is 7.10. The molecule has 3 aromatic rings. The first kappa shape index (κ1) is 15.2. The van der Waals surface area contributed by atoms with Crippen LogP contribution in [0.5, 0.6) is 0 Å². The van der Waals surface area contributed by atoms with Crippen LogP contribution in [0.15, 0.2) is 46.3 Å². The molecule has 2 heterocycles. The molecule has 1 atom stereocenters. The van der Waals surface area contributed by atoms with Crippen molar-refractivity contribution in [3.8, 4) is 11.4 Å². The molecule has 0 radical (unpaired) electrons. The van der Waals surface area contributed by atoms with E-state index in [2.05, 4.69) is 46.5 Å². The van der Waals surface area contributed by atoms with Gasteiger partial charge >= 0.3 is 0 Å². The van der Waals surface area contributed by atoms with Crippen LogP contribution >= 0.6 is 22.9 Å². The van der Waals surface area contributed by atoms with E-state index in [1.165, 1.54) is 4.88 Å². The van der Waals surface area contributed by atoms with Crippen molar-refractivity contribution >= 4 is 22.9 Å². The molecule has 2 aromatic heterocycles. The van der Waals surface area contributed by atoms with Gasteiger partial charge < -0.3 is 4.52 Å². The van der Waals surface area contributed by atoms with Gasteiger partial charge in [-0.1, -0.05) is 22.8 Å². The van der Waals surface area contributed by atoms with Crippen LogP contribution in [0, 0.1) is 0 Å². The molecule has 0 aliphatic rings. The van der Waals surface area contributed by atoms with Crippen molar-refractivity contribution in [3.05, 3.63) is 57.6 Å². The minimum atomic E-state index is 0.311. The fraction of sp³-hybridized carbons (Fsp3) is 0.250. The lowest BCUT2D eigenvalue weighted by Crippen LogP contribution is -2.21. The van der Waals surface area contributed by atoms with E-state index in [0.29, 0.717) is 29.3 Å².